The first-order valence-electron chi connectivity index (χ1n) is 8.10. The van der Waals surface area contributed by atoms with Crippen molar-refractivity contribution < 1.29 is 9.59 Å². The van der Waals surface area contributed by atoms with Crippen LogP contribution in [-0.4, -0.2) is 29.8 Å². The second-order valence-electron chi connectivity index (χ2n) is 6.19. The molecule has 2 unspecified atom stereocenters. The van der Waals surface area contributed by atoms with Gasteiger partial charge in [0.25, 0.3) is 5.91 Å². The molecule has 130 valence electrons. The van der Waals surface area contributed by atoms with Gasteiger partial charge < -0.3 is 16.0 Å². The van der Waals surface area contributed by atoms with Crippen molar-refractivity contribution in [2.75, 3.05) is 7.05 Å². The standard InChI is InChI=1S/C19H20ClN3O2/c1-23-17(24)10-16(18(23)13-6-8-15(20)9-7-13)22-19(25)14-4-2-12(11-21)3-5-14/h2-9,16,18H,10-11,21H2,1H3,(H,22,25). The Kier molecular flexibility index (Phi) is 5.06. The van der Waals surface area contributed by atoms with Gasteiger partial charge in [-0.3, -0.25) is 9.59 Å². The number of likely N-dealkylation sites (tertiary alicyclic amines) is 1. The summed E-state index contributed by atoms with van der Waals surface area (Å²) >= 11 is 5.95. The van der Waals surface area contributed by atoms with Crippen LogP contribution in [0.2, 0.25) is 5.02 Å². The van der Waals surface area contributed by atoms with Gasteiger partial charge in [0.15, 0.2) is 0 Å². The maximum atomic E-state index is 12.6. The summed E-state index contributed by atoms with van der Waals surface area (Å²) in [5, 5.41) is 3.63. The maximum absolute atomic E-state index is 12.6. The molecular weight excluding hydrogens is 338 g/mol. The number of amides is 2. The van der Waals surface area contributed by atoms with Crippen LogP contribution >= 0.6 is 11.6 Å². The number of benzene rings is 2. The molecule has 5 nitrogen and oxygen atoms in total. The number of nitrogens with zero attached hydrogens (tertiary/aromatic N) is 1. The Labute approximate surface area is 151 Å². The minimum atomic E-state index is -0.291. The number of nitrogens with one attached hydrogen (secondary N) is 1. The Morgan fingerprint density at radius 1 is 1.20 bits per heavy atom. The number of carbonyl (C=O) groups is 2. The number of hydrogen-bond acceptors (Lipinski definition) is 3. The van der Waals surface area contributed by atoms with E-state index in [1.54, 1.807) is 36.2 Å². The molecular formula is C19H20ClN3O2. The fourth-order valence-electron chi connectivity index (χ4n) is 3.16. The molecule has 25 heavy (non-hydrogen) atoms. The average molecular weight is 358 g/mol. The molecule has 0 aliphatic carbocycles. The van der Waals surface area contributed by atoms with Crippen molar-refractivity contribution in [1.29, 1.82) is 0 Å². The molecule has 3 rings (SSSR count). The summed E-state index contributed by atoms with van der Waals surface area (Å²) in [6.45, 7) is 0.433. The highest BCUT2D eigenvalue weighted by Gasteiger charge is 2.39. The number of rotatable bonds is 4. The fraction of sp³-hybridized carbons (Fsp3) is 0.263. The van der Waals surface area contributed by atoms with Gasteiger partial charge in [0.2, 0.25) is 5.91 Å². The molecule has 1 saturated heterocycles. The van der Waals surface area contributed by atoms with Gasteiger partial charge >= 0.3 is 0 Å². The van der Waals surface area contributed by atoms with E-state index in [1.165, 1.54) is 0 Å². The van der Waals surface area contributed by atoms with E-state index in [1.807, 2.05) is 24.3 Å². The lowest BCUT2D eigenvalue weighted by atomic mass is 9.99. The number of carbonyl (C=O) groups excluding carboxylic acids is 2. The van der Waals surface area contributed by atoms with Crippen LogP contribution in [0.15, 0.2) is 48.5 Å². The SMILES string of the molecule is CN1C(=O)CC(NC(=O)c2ccc(CN)cc2)C1c1ccc(Cl)cc1. The number of nitrogens with two attached hydrogens (primary N) is 1. The van der Waals surface area contributed by atoms with Gasteiger partial charge in [0, 0.05) is 30.6 Å². The second kappa shape index (κ2) is 7.25. The highest BCUT2D eigenvalue weighted by Crippen LogP contribution is 2.32. The summed E-state index contributed by atoms with van der Waals surface area (Å²) in [5.41, 5.74) is 8.04. The zero-order chi connectivity index (χ0) is 18.0. The molecule has 1 fully saturated rings. The summed E-state index contributed by atoms with van der Waals surface area (Å²) in [4.78, 5) is 26.4. The zero-order valence-corrected chi connectivity index (χ0v) is 14.7. The number of hydrogen-bond donors (Lipinski definition) is 2. The lowest BCUT2D eigenvalue weighted by Crippen LogP contribution is -2.39. The third-order valence-electron chi connectivity index (χ3n) is 4.57. The third-order valence-corrected chi connectivity index (χ3v) is 4.82. The topological polar surface area (TPSA) is 75.4 Å². The lowest BCUT2D eigenvalue weighted by molar-refractivity contribution is -0.127. The predicted molar refractivity (Wildman–Crippen MR) is 97.2 cm³/mol. The highest BCUT2D eigenvalue weighted by molar-refractivity contribution is 6.30. The van der Waals surface area contributed by atoms with Crippen molar-refractivity contribution in [3.05, 3.63) is 70.2 Å². The summed E-state index contributed by atoms with van der Waals surface area (Å²) in [5.74, 6) is -0.195. The van der Waals surface area contributed by atoms with Crippen molar-refractivity contribution in [1.82, 2.24) is 10.2 Å². The van der Waals surface area contributed by atoms with Crippen LogP contribution in [0.1, 0.15) is 33.9 Å². The Bertz CT molecular complexity index is 774. The van der Waals surface area contributed by atoms with E-state index in [0.29, 0.717) is 17.1 Å². The molecule has 0 spiro atoms. The molecule has 3 N–H and O–H groups in total. The molecule has 6 heteroatoms. The molecule has 0 radical (unpaired) electrons. The first-order valence-corrected chi connectivity index (χ1v) is 8.48. The molecule has 1 aliphatic heterocycles. The minimum Gasteiger partial charge on any atom is -0.346 e. The van der Waals surface area contributed by atoms with E-state index < -0.39 is 0 Å². The van der Waals surface area contributed by atoms with Gasteiger partial charge in [0.1, 0.15) is 0 Å². The van der Waals surface area contributed by atoms with Crippen molar-refractivity contribution >= 4 is 23.4 Å². The van der Waals surface area contributed by atoms with Crippen LogP contribution in [0.5, 0.6) is 0 Å². The molecule has 0 saturated carbocycles. The van der Waals surface area contributed by atoms with E-state index in [2.05, 4.69) is 5.32 Å². The van der Waals surface area contributed by atoms with E-state index >= 15 is 0 Å². The quantitative estimate of drug-likeness (QED) is 0.882. The van der Waals surface area contributed by atoms with E-state index in [-0.39, 0.29) is 30.3 Å². The summed E-state index contributed by atoms with van der Waals surface area (Å²) in [6, 6.07) is 14.0. The van der Waals surface area contributed by atoms with Gasteiger partial charge in [-0.2, -0.15) is 0 Å². The van der Waals surface area contributed by atoms with Crippen molar-refractivity contribution in [2.45, 2.75) is 25.0 Å². The van der Waals surface area contributed by atoms with E-state index in [0.717, 1.165) is 11.1 Å². The average Bonchev–Trinajstić information content (AvgIpc) is 2.90. The number of likely N-dealkylation sites (N-methyl/N-ethyl adjacent to an activating group) is 1. The third kappa shape index (κ3) is 3.67. The fourth-order valence-corrected chi connectivity index (χ4v) is 3.28. The monoisotopic (exact) mass is 357 g/mol. The van der Waals surface area contributed by atoms with Gasteiger partial charge in [-0.05, 0) is 35.4 Å². The Hall–Kier alpha value is -2.37. The van der Waals surface area contributed by atoms with E-state index in [4.69, 9.17) is 17.3 Å². The first-order chi connectivity index (χ1) is 12.0. The Balaban J connectivity index is 1.80. The molecule has 2 amide bonds. The molecule has 0 bridgehead atoms. The van der Waals surface area contributed by atoms with Crippen LogP contribution in [-0.2, 0) is 11.3 Å². The normalized spacial score (nSPS) is 20.0. The van der Waals surface area contributed by atoms with Crippen LogP contribution < -0.4 is 11.1 Å². The number of halogens is 1. The predicted octanol–water partition coefficient (Wildman–Crippen LogP) is 2.50. The van der Waals surface area contributed by atoms with Crippen molar-refractivity contribution in [3.8, 4) is 0 Å². The van der Waals surface area contributed by atoms with Gasteiger partial charge in [-0.25, -0.2) is 0 Å². The molecule has 2 aromatic carbocycles. The Morgan fingerprint density at radius 2 is 1.84 bits per heavy atom. The van der Waals surface area contributed by atoms with Crippen LogP contribution in [0.4, 0.5) is 0 Å². The molecule has 1 aliphatic rings. The molecule has 2 atom stereocenters. The summed E-state index contributed by atoms with van der Waals surface area (Å²) < 4.78 is 0. The summed E-state index contributed by atoms with van der Waals surface area (Å²) in [7, 11) is 1.75. The molecule has 0 aromatic heterocycles. The van der Waals surface area contributed by atoms with Crippen LogP contribution in [0.3, 0.4) is 0 Å². The molecule has 2 aromatic rings. The van der Waals surface area contributed by atoms with Gasteiger partial charge in [-0.15, -0.1) is 0 Å². The van der Waals surface area contributed by atoms with Gasteiger partial charge in [-0.1, -0.05) is 35.9 Å². The van der Waals surface area contributed by atoms with Gasteiger partial charge in [0.05, 0.1) is 12.1 Å². The summed E-state index contributed by atoms with van der Waals surface area (Å²) in [6.07, 6.45) is 0.274. The van der Waals surface area contributed by atoms with Crippen LogP contribution in [0, 0.1) is 0 Å². The highest BCUT2D eigenvalue weighted by atomic mass is 35.5. The van der Waals surface area contributed by atoms with Crippen LogP contribution in [0.25, 0.3) is 0 Å². The first kappa shape index (κ1) is 17.5. The smallest absolute Gasteiger partial charge is 0.251 e. The second-order valence-corrected chi connectivity index (χ2v) is 6.62. The molecule has 1 heterocycles. The van der Waals surface area contributed by atoms with E-state index in [9.17, 15) is 9.59 Å². The van der Waals surface area contributed by atoms with Crippen molar-refractivity contribution in [2.24, 2.45) is 5.73 Å². The maximum Gasteiger partial charge on any atom is 0.251 e. The largest absolute Gasteiger partial charge is 0.346 e. The zero-order valence-electron chi connectivity index (χ0n) is 13.9. The minimum absolute atomic E-state index is 0.00345. The van der Waals surface area contributed by atoms with Crippen molar-refractivity contribution in [3.63, 3.8) is 0 Å². The Morgan fingerprint density at radius 3 is 2.44 bits per heavy atom. The lowest BCUT2D eigenvalue weighted by Gasteiger charge is -2.26.